The number of aromatic nitrogens is 2. The van der Waals surface area contributed by atoms with E-state index < -0.39 is 24.0 Å². The molecule has 2 heterocycles. The van der Waals surface area contributed by atoms with Crippen molar-refractivity contribution in [1.82, 2.24) is 15.3 Å². The Morgan fingerprint density at radius 2 is 1.47 bits per heavy atom. The second-order valence-corrected chi connectivity index (χ2v) is 7.32. The van der Waals surface area contributed by atoms with E-state index in [-0.39, 0.29) is 0 Å². The number of rotatable bonds is 7. The van der Waals surface area contributed by atoms with E-state index in [1.807, 2.05) is 60.9 Å². The minimum atomic E-state index is -0.823. The number of carbonyl (C=O) groups is 2. The van der Waals surface area contributed by atoms with Crippen LogP contribution >= 0.6 is 0 Å². The third kappa shape index (κ3) is 3.92. The summed E-state index contributed by atoms with van der Waals surface area (Å²) < 4.78 is 4.91. The summed E-state index contributed by atoms with van der Waals surface area (Å²) in [5.41, 5.74) is 10.0. The van der Waals surface area contributed by atoms with E-state index in [0.717, 1.165) is 32.9 Å². The number of para-hydroxylation sites is 2. The summed E-state index contributed by atoms with van der Waals surface area (Å²) in [7, 11) is 1.31. The van der Waals surface area contributed by atoms with E-state index in [1.54, 1.807) is 0 Å². The van der Waals surface area contributed by atoms with Gasteiger partial charge < -0.3 is 25.8 Å². The first-order valence-corrected chi connectivity index (χ1v) is 9.80. The minimum Gasteiger partial charge on any atom is -0.467 e. The number of methoxy groups -OCH3 is 1. The topological polar surface area (TPSA) is 113 Å². The van der Waals surface area contributed by atoms with Crippen LogP contribution in [0.1, 0.15) is 11.1 Å². The summed E-state index contributed by atoms with van der Waals surface area (Å²) in [5.74, 6) is -0.900. The first kappa shape index (κ1) is 19.7. The summed E-state index contributed by atoms with van der Waals surface area (Å²) in [6.07, 6.45) is 4.37. The van der Waals surface area contributed by atoms with Crippen molar-refractivity contribution in [2.24, 2.45) is 5.73 Å². The summed E-state index contributed by atoms with van der Waals surface area (Å²) in [6, 6.07) is 14.0. The molecule has 0 aliphatic heterocycles. The highest BCUT2D eigenvalue weighted by Gasteiger charge is 2.26. The fourth-order valence-corrected chi connectivity index (χ4v) is 3.76. The summed E-state index contributed by atoms with van der Waals surface area (Å²) in [4.78, 5) is 31.5. The van der Waals surface area contributed by atoms with Crippen molar-refractivity contribution in [1.29, 1.82) is 0 Å². The van der Waals surface area contributed by atoms with E-state index >= 15 is 0 Å². The second kappa shape index (κ2) is 8.42. The van der Waals surface area contributed by atoms with Gasteiger partial charge in [-0.15, -0.1) is 0 Å². The maximum atomic E-state index is 12.8. The predicted octanol–water partition coefficient (Wildman–Crippen LogP) is 2.42. The zero-order chi connectivity index (χ0) is 21.1. The number of H-pyrrole nitrogens is 2. The Morgan fingerprint density at radius 3 is 2.03 bits per heavy atom. The van der Waals surface area contributed by atoms with E-state index in [4.69, 9.17) is 10.5 Å². The van der Waals surface area contributed by atoms with Crippen molar-refractivity contribution in [2.75, 3.05) is 7.11 Å². The van der Waals surface area contributed by atoms with E-state index in [2.05, 4.69) is 15.3 Å². The number of hydrogen-bond acceptors (Lipinski definition) is 4. The lowest BCUT2D eigenvalue weighted by molar-refractivity contribution is -0.145. The molecule has 0 unspecified atom stereocenters. The van der Waals surface area contributed by atoms with Crippen molar-refractivity contribution in [3.63, 3.8) is 0 Å². The van der Waals surface area contributed by atoms with Gasteiger partial charge in [0.2, 0.25) is 5.91 Å². The third-order valence-electron chi connectivity index (χ3n) is 5.35. The average Bonchev–Trinajstić information content (AvgIpc) is 3.37. The first-order chi connectivity index (χ1) is 14.6. The average molecular weight is 404 g/mol. The van der Waals surface area contributed by atoms with E-state index in [1.165, 1.54) is 7.11 Å². The number of benzene rings is 2. The Kier molecular flexibility index (Phi) is 5.54. The normalized spacial score (nSPS) is 13.3. The number of ether oxygens (including phenoxy) is 1. The van der Waals surface area contributed by atoms with Crippen molar-refractivity contribution >= 4 is 33.7 Å². The Hall–Kier alpha value is -3.58. The molecule has 1 amide bonds. The number of nitrogens with one attached hydrogen (secondary N) is 3. The van der Waals surface area contributed by atoms with Gasteiger partial charge in [-0.05, 0) is 29.7 Å². The van der Waals surface area contributed by atoms with Gasteiger partial charge in [0, 0.05) is 40.6 Å². The minimum absolute atomic E-state index is 0.308. The molecular formula is C23H24N4O3. The second-order valence-electron chi connectivity index (χ2n) is 7.32. The molecule has 30 heavy (non-hydrogen) atoms. The van der Waals surface area contributed by atoms with Gasteiger partial charge in [-0.25, -0.2) is 4.79 Å². The van der Waals surface area contributed by atoms with Crippen LogP contribution in [-0.2, 0) is 27.2 Å². The van der Waals surface area contributed by atoms with Crippen LogP contribution in [0.5, 0.6) is 0 Å². The molecular weight excluding hydrogens is 380 g/mol. The summed E-state index contributed by atoms with van der Waals surface area (Å²) >= 11 is 0. The van der Waals surface area contributed by atoms with Gasteiger partial charge in [-0.2, -0.15) is 0 Å². The number of esters is 1. The summed E-state index contributed by atoms with van der Waals surface area (Å²) in [6.45, 7) is 0. The van der Waals surface area contributed by atoms with Gasteiger partial charge in [-0.1, -0.05) is 36.4 Å². The molecule has 7 nitrogen and oxygen atoms in total. The Bertz CT molecular complexity index is 1190. The van der Waals surface area contributed by atoms with Gasteiger partial charge in [0.15, 0.2) is 0 Å². The van der Waals surface area contributed by atoms with Crippen LogP contribution in [0.25, 0.3) is 21.8 Å². The molecule has 4 rings (SSSR count). The largest absolute Gasteiger partial charge is 0.467 e. The van der Waals surface area contributed by atoms with Crippen molar-refractivity contribution in [3.8, 4) is 0 Å². The number of nitrogens with two attached hydrogens (primary N) is 1. The Balaban J connectivity index is 1.48. The van der Waals surface area contributed by atoms with Crippen LogP contribution < -0.4 is 11.1 Å². The van der Waals surface area contributed by atoms with E-state index in [9.17, 15) is 9.59 Å². The highest BCUT2D eigenvalue weighted by molar-refractivity contribution is 5.90. The van der Waals surface area contributed by atoms with Gasteiger partial charge in [0.25, 0.3) is 0 Å². The fourth-order valence-electron chi connectivity index (χ4n) is 3.76. The molecule has 2 aromatic heterocycles. The molecule has 5 N–H and O–H groups in total. The SMILES string of the molecule is COC(=O)[C@H](Cc1c[nH]c2ccccc12)NC(=O)[C@@H](N)Cc1c[nH]c2ccccc12. The molecule has 154 valence electrons. The fraction of sp³-hybridized carbons (Fsp3) is 0.217. The molecule has 2 aromatic carbocycles. The lowest BCUT2D eigenvalue weighted by Gasteiger charge is -2.19. The standard InChI is InChI=1S/C23H24N4O3/c1-30-23(29)21(11-15-13-26-20-9-5-3-7-17(15)20)27-22(28)18(24)10-14-12-25-19-8-4-2-6-16(14)19/h2-9,12-13,18,21,25-26H,10-11,24H2,1H3,(H,27,28)/t18-,21-/m0/s1. The molecule has 7 heteroatoms. The predicted molar refractivity (Wildman–Crippen MR) is 116 cm³/mol. The zero-order valence-electron chi connectivity index (χ0n) is 16.6. The zero-order valence-corrected chi connectivity index (χ0v) is 16.6. The maximum absolute atomic E-state index is 12.8. The van der Waals surface area contributed by atoms with Crippen molar-refractivity contribution < 1.29 is 14.3 Å². The number of amides is 1. The van der Waals surface area contributed by atoms with Gasteiger partial charge in [-0.3, -0.25) is 4.79 Å². The lowest BCUT2D eigenvalue weighted by Crippen LogP contribution is -2.50. The van der Waals surface area contributed by atoms with Crippen molar-refractivity contribution in [3.05, 3.63) is 72.1 Å². The molecule has 0 bridgehead atoms. The lowest BCUT2D eigenvalue weighted by atomic mass is 10.0. The molecule has 2 atom stereocenters. The van der Waals surface area contributed by atoms with Gasteiger partial charge >= 0.3 is 5.97 Å². The number of carbonyl (C=O) groups excluding carboxylic acids is 2. The van der Waals surface area contributed by atoms with E-state index in [0.29, 0.717) is 12.8 Å². The molecule has 0 aliphatic carbocycles. The molecule has 0 aliphatic rings. The smallest absolute Gasteiger partial charge is 0.328 e. The summed E-state index contributed by atoms with van der Waals surface area (Å²) in [5, 5.41) is 4.80. The Labute approximate surface area is 173 Å². The van der Waals surface area contributed by atoms with Crippen LogP contribution in [0.4, 0.5) is 0 Å². The molecule has 0 radical (unpaired) electrons. The molecule has 0 spiro atoms. The third-order valence-corrected chi connectivity index (χ3v) is 5.35. The highest BCUT2D eigenvalue weighted by atomic mass is 16.5. The number of fused-ring (bicyclic) bond motifs is 2. The first-order valence-electron chi connectivity index (χ1n) is 9.80. The maximum Gasteiger partial charge on any atom is 0.328 e. The molecule has 0 fully saturated rings. The van der Waals surface area contributed by atoms with Crippen molar-refractivity contribution in [2.45, 2.75) is 24.9 Å². The van der Waals surface area contributed by atoms with Crippen LogP contribution in [0.3, 0.4) is 0 Å². The van der Waals surface area contributed by atoms with Gasteiger partial charge in [0.05, 0.1) is 13.2 Å². The number of aromatic amines is 2. The van der Waals surface area contributed by atoms with Crippen LogP contribution in [0.15, 0.2) is 60.9 Å². The van der Waals surface area contributed by atoms with Crippen LogP contribution in [0.2, 0.25) is 0 Å². The molecule has 0 saturated carbocycles. The number of hydrogen-bond donors (Lipinski definition) is 4. The van der Waals surface area contributed by atoms with Crippen LogP contribution in [-0.4, -0.2) is 41.0 Å². The quantitative estimate of drug-likeness (QED) is 0.354. The van der Waals surface area contributed by atoms with Crippen LogP contribution in [0, 0.1) is 0 Å². The molecule has 4 aromatic rings. The monoisotopic (exact) mass is 404 g/mol. The Morgan fingerprint density at radius 1 is 0.933 bits per heavy atom. The highest BCUT2D eigenvalue weighted by Crippen LogP contribution is 2.20. The molecule has 0 saturated heterocycles. The van der Waals surface area contributed by atoms with Gasteiger partial charge in [0.1, 0.15) is 6.04 Å².